The van der Waals surface area contributed by atoms with Gasteiger partial charge in [0.1, 0.15) is 18.0 Å². The van der Waals surface area contributed by atoms with Crippen LogP contribution in [-0.2, 0) is 0 Å². The number of hydrogen-bond acceptors (Lipinski definition) is 3. The van der Waals surface area contributed by atoms with E-state index in [-0.39, 0.29) is 0 Å². The summed E-state index contributed by atoms with van der Waals surface area (Å²) >= 11 is 0. The van der Waals surface area contributed by atoms with Crippen LogP contribution in [0.2, 0.25) is 0 Å². The third-order valence-corrected chi connectivity index (χ3v) is 6.02. The van der Waals surface area contributed by atoms with Crippen molar-refractivity contribution < 1.29 is 0 Å². The molecule has 0 saturated heterocycles. The molecule has 6 aromatic rings. The smallest absolute Gasteiger partial charge is 0.270 e. The van der Waals surface area contributed by atoms with Crippen LogP contribution in [0.15, 0.2) is 85.2 Å². The summed E-state index contributed by atoms with van der Waals surface area (Å²) in [5.41, 5.74) is 4.53. The quantitative estimate of drug-likeness (QED) is 0.227. The molecule has 0 fully saturated rings. The molecule has 0 aliphatic carbocycles. The minimum absolute atomic E-state index is 0.390. The molecule has 0 aliphatic rings. The maximum atomic E-state index is 9.28. The number of nitriles is 1. The molecule has 0 atom stereocenters. The zero-order valence-corrected chi connectivity index (χ0v) is 16.9. The average Bonchev–Trinajstić information content (AvgIpc) is 2.87. The van der Waals surface area contributed by atoms with Gasteiger partial charge in [0.05, 0.1) is 0 Å². The number of pyridine rings is 2. The molecule has 146 valence electrons. The van der Waals surface area contributed by atoms with E-state index in [0.29, 0.717) is 11.5 Å². The summed E-state index contributed by atoms with van der Waals surface area (Å²) in [6, 6.07) is 26.8. The molecule has 0 radical (unpaired) electrons. The molecule has 6 rings (SSSR count). The highest BCUT2D eigenvalue weighted by molar-refractivity contribution is 6.27. The lowest BCUT2D eigenvalue weighted by Crippen LogP contribution is -1.90. The van der Waals surface area contributed by atoms with Crippen molar-refractivity contribution >= 4 is 38.1 Å². The second-order valence-electron chi connectivity index (χ2n) is 7.70. The molecule has 0 aliphatic heterocycles. The summed E-state index contributed by atoms with van der Waals surface area (Å²) < 4.78 is 0. The van der Waals surface area contributed by atoms with Crippen molar-refractivity contribution in [3.05, 3.63) is 102 Å². The van der Waals surface area contributed by atoms with Crippen molar-refractivity contribution in [3.8, 4) is 28.3 Å². The van der Waals surface area contributed by atoms with E-state index in [2.05, 4.69) is 69.4 Å². The summed E-state index contributed by atoms with van der Waals surface area (Å²) in [5, 5.41) is 16.3. The first kappa shape index (κ1) is 18.0. The van der Waals surface area contributed by atoms with Crippen molar-refractivity contribution in [2.75, 3.05) is 0 Å². The molecule has 0 bridgehead atoms. The fraction of sp³-hybridized carbons (Fsp3) is 0. The summed E-state index contributed by atoms with van der Waals surface area (Å²) in [6.45, 7) is 7.31. The van der Waals surface area contributed by atoms with Crippen molar-refractivity contribution in [1.29, 1.82) is 5.26 Å². The van der Waals surface area contributed by atoms with Gasteiger partial charge in [-0.3, -0.25) is 0 Å². The van der Waals surface area contributed by atoms with Crippen LogP contribution in [0.1, 0.15) is 5.69 Å². The Balaban J connectivity index is 1.70. The molecule has 4 heteroatoms. The Morgan fingerprint density at radius 3 is 1.84 bits per heavy atom. The molecule has 0 N–H and O–H groups in total. The first-order valence-corrected chi connectivity index (χ1v) is 10.2. The van der Waals surface area contributed by atoms with E-state index in [0.717, 1.165) is 33.0 Å². The molecule has 2 heterocycles. The predicted octanol–water partition coefficient (Wildman–Crippen LogP) is 7.13. The minimum atomic E-state index is 0.390. The fourth-order valence-corrected chi connectivity index (χ4v) is 4.61. The molecule has 0 saturated carbocycles. The second kappa shape index (κ2) is 6.87. The molecule has 2 aromatic heterocycles. The Hall–Kier alpha value is -4.80. The van der Waals surface area contributed by atoms with Gasteiger partial charge in [0, 0.05) is 6.20 Å². The van der Waals surface area contributed by atoms with Gasteiger partial charge in [0.2, 0.25) is 0 Å². The topological polar surface area (TPSA) is 53.9 Å². The number of hydrogen-bond donors (Lipinski definition) is 0. The summed E-state index contributed by atoms with van der Waals surface area (Å²) in [4.78, 5) is 11.7. The first-order valence-electron chi connectivity index (χ1n) is 10.2. The Morgan fingerprint density at radius 1 is 0.688 bits per heavy atom. The maximum Gasteiger partial charge on any atom is 0.270 e. The first-order chi connectivity index (χ1) is 15.8. The molecule has 0 amide bonds. The summed E-state index contributed by atoms with van der Waals surface area (Å²) in [5.74, 6) is 0.390. The van der Waals surface area contributed by atoms with Crippen molar-refractivity contribution in [2.24, 2.45) is 0 Å². The van der Waals surface area contributed by atoms with Crippen molar-refractivity contribution in [3.63, 3.8) is 0 Å². The van der Waals surface area contributed by atoms with E-state index in [1.807, 2.05) is 24.3 Å². The third-order valence-electron chi connectivity index (χ3n) is 6.02. The highest BCUT2D eigenvalue weighted by atomic mass is 14.8. The molecular weight excluding hydrogens is 392 g/mol. The highest BCUT2D eigenvalue weighted by Crippen LogP contribution is 2.42. The van der Waals surface area contributed by atoms with Crippen LogP contribution < -0.4 is 0 Å². The van der Waals surface area contributed by atoms with E-state index >= 15 is 0 Å². The van der Waals surface area contributed by atoms with Gasteiger partial charge in [0.15, 0.2) is 0 Å². The number of aromatic nitrogens is 2. The Bertz CT molecular complexity index is 1620. The molecule has 32 heavy (non-hydrogen) atoms. The number of benzene rings is 4. The zero-order valence-electron chi connectivity index (χ0n) is 16.9. The van der Waals surface area contributed by atoms with Crippen LogP contribution in [0.5, 0.6) is 0 Å². The third kappa shape index (κ3) is 2.61. The van der Waals surface area contributed by atoms with Crippen LogP contribution >= 0.6 is 0 Å². The lowest BCUT2D eigenvalue weighted by atomic mass is 9.87. The van der Waals surface area contributed by atoms with Gasteiger partial charge in [-0.25, -0.2) is 4.98 Å². The average molecular weight is 406 g/mol. The van der Waals surface area contributed by atoms with E-state index in [1.54, 1.807) is 12.4 Å². The van der Waals surface area contributed by atoms with Crippen LogP contribution in [0.4, 0.5) is 5.82 Å². The van der Waals surface area contributed by atoms with Crippen LogP contribution in [0.25, 0.3) is 59.4 Å². The Kier molecular flexibility index (Phi) is 3.87. The molecular formula is C28H14N4. The van der Waals surface area contributed by atoms with E-state index in [4.69, 9.17) is 6.57 Å². The van der Waals surface area contributed by atoms with Crippen LogP contribution in [0, 0.1) is 17.9 Å². The van der Waals surface area contributed by atoms with Crippen molar-refractivity contribution in [2.45, 2.75) is 0 Å². The SMILES string of the molecule is [C-]#[N+]c1cc(-c2ccc3ccc4c(-c5ccnc(C#N)c5)ccc5ccc2c3c54)ccn1. The highest BCUT2D eigenvalue weighted by Gasteiger charge is 2.15. The standard InChI is InChI=1S/C28H14N4/c1-30-26-15-20(11-13-32-26)23-7-3-18-4-8-24-22(19-10-12-31-21(14-19)16-29)6-2-17-5-9-25(23)28(18)27(17)24/h2-15H. The number of rotatable bonds is 2. The summed E-state index contributed by atoms with van der Waals surface area (Å²) in [7, 11) is 0. The van der Waals surface area contributed by atoms with Gasteiger partial charge in [0.25, 0.3) is 5.82 Å². The van der Waals surface area contributed by atoms with E-state index in [9.17, 15) is 5.26 Å². The fourth-order valence-electron chi connectivity index (χ4n) is 4.61. The molecule has 4 aromatic carbocycles. The molecule has 0 spiro atoms. The maximum absolute atomic E-state index is 9.28. The van der Waals surface area contributed by atoms with Gasteiger partial charge in [-0.2, -0.15) is 5.26 Å². The predicted molar refractivity (Wildman–Crippen MR) is 128 cm³/mol. The van der Waals surface area contributed by atoms with Gasteiger partial charge in [-0.15, -0.1) is 4.98 Å². The Labute approximate surface area is 184 Å². The number of nitrogens with zero attached hydrogens (tertiary/aromatic N) is 4. The van der Waals surface area contributed by atoms with E-state index in [1.165, 1.54) is 21.5 Å². The summed E-state index contributed by atoms with van der Waals surface area (Å²) in [6.07, 6.45) is 3.37. The van der Waals surface area contributed by atoms with E-state index < -0.39 is 0 Å². The normalized spacial score (nSPS) is 11.1. The Morgan fingerprint density at radius 2 is 1.25 bits per heavy atom. The lowest BCUT2D eigenvalue weighted by molar-refractivity contribution is 1.27. The van der Waals surface area contributed by atoms with Crippen molar-refractivity contribution in [1.82, 2.24) is 9.97 Å². The molecule has 4 nitrogen and oxygen atoms in total. The largest absolute Gasteiger partial charge is 0.361 e. The minimum Gasteiger partial charge on any atom is -0.361 e. The van der Waals surface area contributed by atoms with Gasteiger partial charge < -0.3 is 4.85 Å². The monoisotopic (exact) mass is 406 g/mol. The van der Waals surface area contributed by atoms with Crippen LogP contribution in [0.3, 0.4) is 0 Å². The van der Waals surface area contributed by atoms with Crippen LogP contribution in [-0.4, -0.2) is 9.97 Å². The lowest BCUT2D eigenvalue weighted by Gasteiger charge is -2.16. The second-order valence-corrected chi connectivity index (χ2v) is 7.70. The van der Waals surface area contributed by atoms with Gasteiger partial charge in [-0.05, 0) is 78.8 Å². The van der Waals surface area contributed by atoms with Gasteiger partial charge >= 0.3 is 0 Å². The van der Waals surface area contributed by atoms with Gasteiger partial charge in [-0.1, -0.05) is 55.1 Å². The zero-order chi connectivity index (χ0) is 21.7. The molecule has 0 unspecified atom stereocenters.